The van der Waals surface area contributed by atoms with Gasteiger partial charge in [0, 0.05) is 11.8 Å². The van der Waals surface area contributed by atoms with Crippen LogP contribution in [-0.4, -0.2) is 59.7 Å². The Morgan fingerprint density at radius 1 is 1.08 bits per heavy atom. The quantitative estimate of drug-likeness (QED) is 0.396. The van der Waals surface area contributed by atoms with Crippen molar-refractivity contribution < 1.29 is 28.7 Å². The molecule has 0 bridgehead atoms. The minimum absolute atomic E-state index is 0.0899. The Bertz CT molecular complexity index is 766. The van der Waals surface area contributed by atoms with E-state index in [2.05, 4.69) is 21.2 Å². The Balaban J connectivity index is 1.71. The summed E-state index contributed by atoms with van der Waals surface area (Å²) in [5, 5.41) is 2.90. The normalized spacial score (nSPS) is 19.6. The highest BCUT2D eigenvalue weighted by Crippen LogP contribution is 2.30. The molecule has 0 saturated carbocycles. The summed E-state index contributed by atoms with van der Waals surface area (Å²) in [5.41, 5.74) is 0.418. The highest BCUT2D eigenvalue weighted by atomic mass is 79.9. The van der Waals surface area contributed by atoms with Crippen molar-refractivity contribution in [2.45, 2.75) is 18.9 Å². The van der Waals surface area contributed by atoms with Gasteiger partial charge in [0.15, 0.2) is 0 Å². The number of hydrogen-bond donors (Lipinski definition) is 1. The molecule has 138 valence electrons. The van der Waals surface area contributed by atoms with Crippen molar-refractivity contribution in [1.29, 1.82) is 0 Å². The zero-order valence-corrected chi connectivity index (χ0v) is 15.4. The molecule has 4 amide bonds. The Morgan fingerprint density at radius 3 is 2.58 bits per heavy atom. The number of halogens is 1. The van der Waals surface area contributed by atoms with Gasteiger partial charge in [-0.1, -0.05) is 15.9 Å². The molecule has 26 heavy (non-hydrogen) atoms. The number of nitrogens with zero attached hydrogens (tertiary/aromatic N) is 1. The SMILES string of the molecule is O=C1CCC(N2C(=O)c3ccc(OCCOCCBr)cc3C2=O)C(=O)N1. The summed E-state index contributed by atoms with van der Waals surface area (Å²) in [6.45, 7) is 1.28. The summed E-state index contributed by atoms with van der Waals surface area (Å²) in [6, 6.07) is 3.63. The smallest absolute Gasteiger partial charge is 0.262 e. The van der Waals surface area contributed by atoms with Crippen LogP contribution in [0.3, 0.4) is 0 Å². The molecule has 1 atom stereocenters. The molecule has 1 fully saturated rings. The predicted octanol–water partition coefficient (Wildman–Crippen LogP) is 0.878. The van der Waals surface area contributed by atoms with Crippen LogP contribution in [0, 0.1) is 0 Å². The highest BCUT2D eigenvalue weighted by molar-refractivity contribution is 9.09. The second kappa shape index (κ2) is 7.96. The standard InChI is InChI=1S/C17H17BrN2O6/c18-5-6-25-7-8-26-10-1-2-11-12(9-10)17(24)20(16(11)23)13-3-4-14(21)19-15(13)22/h1-2,9,13H,3-8H2,(H,19,21,22). The number of ether oxygens (including phenoxy) is 2. The van der Waals surface area contributed by atoms with Gasteiger partial charge in [-0.25, -0.2) is 0 Å². The first-order chi connectivity index (χ1) is 12.5. The van der Waals surface area contributed by atoms with E-state index >= 15 is 0 Å². The van der Waals surface area contributed by atoms with E-state index < -0.39 is 29.7 Å². The molecule has 3 rings (SSSR count). The number of rotatable bonds is 7. The van der Waals surface area contributed by atoms with Crippen molar-refractivity contribution in [3.05, 3.63) is 29.3 Å². The molecular weight excluding hydrogens is 408 g/mol. The molecule has 2 aliphatic heterocycles. The molecule has 2 aliphatic rings. The molecule has 1 aromatic carbocycles. The van der Waals surface area contributed by atoms with E-state index in [0.717, 1.165) is 10.2 Å². The van der Waals surface area contributed by atoms with Crippen LogP contribution in [0.4, 0.5) is 0 Å². The van der Waals surface area contributed by atoms with Gasteiger partial charge in [0.1, 0.15) is 18.4 Å². The number of piperidine rings is 1. The van der Waals surface area contributed by atoms with E-state index in [1.807, 2.05) is 0 Å². The molecule has 2 heterocycles. The van der Waals surface area contributed by atoms with Crippen LogP contribution in [0.5, 0.6) is 5.75 Å². The number of imide groups is 2. The molecule has 0 aromatic heterocycles. The topological polar surface area (TPSA) is 102 Å². The molecule has 0 aliphatic carbocycles. The van der Waals surface area contributed by atoms with Gasteiger partial charge in [-0.2, -0.15) is 0 Å². The largest absolute Gasteiger partial charge is 0.491 e. The second-order valence-corrected chi connectivity index (χ2v) is 6.60. The number of alkyl halides is 1. The third-order valence-electron chi connectivity index (χ3n) is 4.13. The maximum absolute atomic E-state index is 12.7. The van der Waals surface area contributed by atoms with Gasteiger partial charge >= 0.3 is 0 Å². The van der Waals surface area contributed by atoms with Crippen LogP contribution >= 0.6 is 15.9 Å². The highest BCUT2D eigenvalue weighted by Gasteiger charge is 2.44. The van der Waals surface area contributed by atoms with Crippen LogP contribution in [0.2, 0.25) is 0 Å². The van der Waals surface area contributed by atoms with Crippen LogP contribution in [-0.2, 0) is 14.3 Å². The van der Waals surface area contributed by atoms with Crippen molar-refractivity contribution >= 4 is 39.6 Å². The van der Waals surface area contributed by atoms with E-state index in [0.29, 0.717) is 25.6 Å². The summed E-state index contributed by atoms with van der Waals surface area (Å²) in [5.74, 6) is -1.68. The Morgan fingerprint density at radius 2 is 1.85 bits per heavy atom. The first kappa shape index (κ1) is 18.5. The van der Waals surface area contributed by atoms with Gasteiger partial charge in [-0.3, -0.25) is 29.4 Å². The number of benzene rings is 1. The molecule has 0 radical (unpaired) electrons. The average molecular weight is 425 g/mol. The predicted molar refractivity (Wildman–Crippen MR) is 93.2 cm³/mol. The Hall–Kier alpha value is -2.26. The average Bonchev–Trinajstić information content (AvgIpc) is 2.86. The van der Waals surface area contributed by atoms with Crippen LogP contribution in [0.25, 0.3) is 0 Å². The van der Waals surface area contributed by atoms with E-state index in [1.54, 1.807) is 6.07 Å². The molecule has 8 nitrogen and oxygen atoms in total. The van der Waals surface area contributed by atoms with Crippen molar-refractivity contribution in [1.82, 2.24) is 10.2 Å². The molecule has 1 saturated heterocycles. The number of hydrogen-bond acceptors (Lipinski definition) is 6. The van der Waals surface area contributed by atoms with E-state index in [9.17, 15) is 19.2 Å². The number of carbonyl (C=O) groups excluding carboxylic acids is 4. The lowest BCUT2D eigenvalue weighted by atomic mass is 10.0. The number of amides is 4. The van der Waals surface area contributed by atoms with Gasteiger partial charge in [0.05, 0.1) is 24.3 Å². The molecule has 0 spiro atoms. The van der Waals surface area contributed by atoms with Crippen LogP contribution in [0.1, 0.15) is 33.6 Å². The van der Waals surface area contributed by atoms with Crippen molar-refractivity contribution in [3.8, 4) is 5.75 Å². The fraction of sp³-hybridized carbons (Fsp3) is 0.412. The van der Waals surface area contributed by atoms with Crippen molar-refractivity contribution in [2.24, 2.45) is 0 Å². The lowest BCUT2D eigenvalue weighted by Gasteiger charge is -2.27. The van der Waals surface area contributed by atoms with Crippen LogP contribution in [0.15, 0.2) is 18.2 Å². The maximum atomic E-state index is 12.7. The van der Waals surface area contributed by atoms with Crippen molar-refractivity contribution in [2.75, 3.05) is 25.2 Å². The van der Waals surface area contributed by atoms with Gasteiger partial charge in [-0.05, 0) is 24.6 Å². The lowest BCUT2D eigenvalue weighted by molar-refractivity contribution is -0.136. The molecular formula is C17H17BrN2O6. The zero-order valence-electron chi connectivity index (χ0n) is 13.8. The summed E-state index contributed by atoms with van der Waals surface area (Å²) in [7, 11) is 0. The van der Waals surface area contributed by atoms with Gasteiger partial charge in [0.25, 0.3) is 11.8 Å². The zero-order chi connectivity index (χ0) is 18.7. The van der Waals surface area contributed by atoms with Crippen LogP contribution < -0.4 is 10.1 Å². The lowest BCUT2D eigenvalue weighted by Crippen LogP contribution is -2.54. The van der Waals surface area contributed by atoms with E-state index in [4.69, 9.17) is 9.47 Å². The van der Waals surface area contributed by atoms with Gasteiger partial charge in [0.2, 0.25) is 11.8 Å². The minimum atomic E-state index is -0.970. The Kier molecular flexibility index (Phi) is 5.67. The summed E-state index contributed by atoms with van der Waals surface area (Å²) >= 11 is 3.25. The maximum Gasteiger partial charge on any atom is 0.262 e. The van der Waals surface area contributed by atoms with Gasteiger partial charge in [-0.15, -0.1) is 0 Å². The third kappa shape index (κ3) is 3.63. The minimum Gasteiger partial charge on any atom is -0.491 e. The summed E-state index contributed by atoms with van der Waals surface area (Å²) < 4.78 is 10.8. The van der Waals surface area contributed by atoms with E-state index in [1.165, 1.54) is 12.1 Å². The van der Waals surface area contributed by atoms with E-state index in [-0.39, 0.29) is 24.0 Å². The number of fused-ring (bicyclic) bond motifs is 1. The molecule has 1 unspecified atom stereocenters. The molecule has 1 aromatic rings. The number of nitrogens with one attached hydrogen (secondary N) is 1. The summed E-state index contributed by atoms with van der Waals surface area (Å²) in [4.78, 5) is 49.4. The monoisotopic (exact) mass is 424 g/mol. The second-order valence-electron chi connectivity index (χ2n) is 5.80. The fourth-order valence-electron chi connectivity index (χ4n) is 2.91. The Labute approximate surface area is 157 Å². The first-order valence-corrected chi connectivity index (χ1v) is 9.27. The van der Waals surface area contributed by atoms with Crippen molar-refractivity contribution in [3.63, 3.8) is 0 Å². The third-order valence-corrected chi connectivity index (χ3v) is 4.45. The number of carbonyl (C=O) groups is 4. The first-order valence-electron chi connectivity index (χ1n) is 8.15. The molecule has 1 N–H and O–H groups in total. The van der Waals surface area contributed by atoms with Gasteiger partial charge < -0.3 is 9.47 Å². The molecule has 9 heteroatoms. The fourth-order valence-corrected chi connectivity index (χ4v) is 3.14. The summed E-state index contributed by atoms with van der Waals surface area (Å²) in [6.07, 6.45) is 0.219.